The number of nitrogens with one attached hydrogen (secondary N) is 1. The first-order valence-corrected chi connectivity index (χ1v) is 4.11. The number of allylic oxidation sites excluding steroid dienone is 4. The average molecular weight is 218 g/mol. The zero-order chi connectivity index (χ0) is 8.27. The van der Waals surface area contributed by atoms with E-state index in [2.05, 4.69) is 21.2 Å². The van der Waals surface area contributed by atoms with Crippen LogP contribution < -0.4 is 5.32 Å². The number of hydrogen-bond acceptors (Lipinski definition) is 1. The highest BCUT2D eigenvalue weighted by Crippen LogP contribution is 2.17. The van der Waals surface area contributed by atoms with E-state index >= 15 is 0 Å². The fraction of sp³-hybridized carbons (Fsp3) is 0.250. The van der Waals surface area contributed by atoms with Crippen LogP contribution in [0.1, 0.15) is 0 Å². The summed E-state index contributed by atoms with van der Waals surface area (Å²) in [6, 6.07) is 0.0829. The molecule has 1 N–H and O–H groups in total. The maximum atomic E-state index is 12.6. The third kappa shape index (κ3) is 2.27. The second-order valence-electron chi connectivity index (χ2n) is 2.23. The lowest BCUT2D eigenvalue weighted by molar-refractivity contribution is 0.666. The van der Waals surface area contributed by atoms with Crippen LogP contribution in [0.15, 0.2) is 34.6 Å². The van der Waals surface area contributed by atoms with Crippen LogP contribution in [0.2, 0.25) is 0 Å². The first-order valence-electron chi connectivity index (χ1n) is 3.32. The maximum Gasteiger partial charge on any atom is 0.122 e. The van der Waals surface area contributed by atoms with Gasteiger partial charge in [-0.3, -0.25) is 0 Å². The van der Waals surface area contributed by atoms with Crippen molar-refractivity contribution in [2.75, 3.05) is 7.05 Å². The average Bonchev–Trinajstić information content (AvgIpc) is 2.15. The molecule has 0 fully saturated rings. The SMILES string of the molecule is CNC1C=CC(F)=CC=C1Br. The van der Waals surface area contributed by atoms with Crippen LogP contribution in [-0.4, -0.2) is 13.1 Å². The van der Waals surface area contributed by atoms with Gasteiger partial charge in [-0.1, -0.05) is 22.0 Å². The van der Waals surface area contributed by atoms with E-state index in [0.29, 0.717) is 0 Å². The highest BCUT2D eigenvalue weighted by molar-refractivity contribution is 9.11. The quantitative estimate of drug-likeness (QED) is 0.711. The molecular formula is C8H9BrFN. The van der Waals surface area contributed by atoms with Crippen molar-refractivity contribution in [2.24, 2.45) is 0 Å². The Kier molecular flexibility index (Phi) is 3.02. The van der Waals surface area contributed by atoms with Gasteiger partial charge in [-0.2, -0.15) is 0 Å². The van der Waals surface area contributed by atoms with Crippen molar-refractivity contribution in [1.29, 1.82) is 0 Å². The minimum absolute atomic E-state index is 0.0829. The Bertz CT molecular complexity index is 230. The smallest absolute Gasteiger partial charge is 0.122 e. The molecule has 1 rings (SSSR count). The van der Waals surface area contributed by atoms with E-state index in [4.69, 9.17) is 0 Å². The zero-order valence-corrected chi connectivity index (χ0v) is 7.73. The van der Waals surface area contributed by atoms with Crippen LogP contribution in [-0.2, 0) is 0 Å². The Labute approximate surface area is 73.8 Å². The van der Waals surface area contributed by atoms with E-state index in [9.17, 15) is 4.39 Å². The van der Waals surface area contributed by atoms with Gasteiger partial charge in [0.15, 0.2) is 0 Å². The molecule has 1 aliphatic carbocycles. The Morgan fingerprint density at radius 1 is 1.55 bits per heavy atom. The highest BCUT2D eigenvalue weighted by Gasteiger charge is 2.06. The molecule has 1 atom stereocenters. The van der Waals surface area contributed by atoms with Crippen molar-refractivity contribution in [3.05, 3.63) is 34.6 Å². The van der Waals surface area contributed by atoms with Gasteiger partial charge in [-0.15, -0.1) is 0 Å². The molecule has 0 amide bonds. The van der Waals surface area contributed by atoms with Crippen molar-refractivity contribution in [3.8, 4) is 0 Å². The summed E-state index contributed by atoms with van der Waals surface area (Å²) in [6.45, 7) is 0. The van der Waals surface area contributed by atoms with Gasteiger partial charge in [0.25, 0.3) is 0 Å². The summed E-state index contributed by atoms with van der Waals surface area (Å²) >= 11 is 3.33. The summed E-state index contributed by atoms with van der Waals surface area (Å²) in [7, 11) is 1.83. The molecule has 0 aliphatic heterocycles. The molecule has 0 aromatic heterocycles. The van der Waals surface area contributed by atoms with Crippen LogP contribution in [0.25, 0.3) is 0 Å². The molecule has 0 aromatic carbocycles. The molecule has 0 spiro atoms. The van der Waals surface area contributed by atoms with Crippen molar-refractivity contribution < 1.29 is 4.39 Å². The summed E-state index contributed by atoms with van der Waals surface area (Å²) < 4.78 is 13.5. The van der Waals surface area contributed by atoms with Crippen LogP contribution in [0.4, 0.5) is 4.39 Å². The molecular weight excluding hydrogens is 209 g/mol. The van der Waals surface area contributed by atoms with Gasteiger partial charge in [0.2, 0.25) is 0 Å². The van der Waals surface area contributed by atoms with Crippen LogP contribution in [0, 0.1) is 0 Å². The number of likely N-dealkylation sites (N-methyl/N-ethyl adjacent to an activating group) is 1. The molecule has 0 heterocycles. The van der Waals surface area contributed by atoms with Gasteiger partial charge in [0.1, 0.15) is 5.83 Å². The Hall–Kier alpha value is -0.410. The van der Waals surface area contributed by atoms with Gasteiger partial charge in [0.05, 0.1) is 6.04 Å². The summed E-state index contributed by atoms with van der Waals surface area (Å²) in [6.07, 6.45) is 6.35. The fourth-order valence-electron chi connectivity index (χ4n) is 0.833. The van der Waals surface area contributed by atoms with E-state index < -0.39 is 0 Å². The van der Waals surface area contributed by atoms with Crippen molar-refractivity contribution >= 4 is 15.9 Å². The van der Waals surface area contributed by atoms with Gasteiger partial charge < -0.3 is 5.32 Å². The standard InChI is InChI=1S/C8H9BrFN/c1-11-8-5-3-6(10)2-4-7(8)9/h2-5,8,11H,1H3. The predicted octanol–water partition coefficient (Wildman–Crippen LogP) is 2.28. The first kappa shape index (κ1) is 8.68. The minimum Gasteiger partial charge on any atom is -0.309 e. The topological polar surface area (TPSA) is 12.0 Å². The van der Waals surface area contributed by atoms with Crippen LogP contribution >= 0.6 is 15.9 Å². The van der Waals surface area contributed by atoms with E-state index in [1.807, 2.05) is 7.05 Å². The summed E-state index contributed by atoms with van der Waals surface area (Å²) in [4.78, 5) is 0. The van der Waals surface area contributed by atoms with E-state index in [1.165, 1.54) is 12.2 Å². The van der Waals surface area contributed by atoms with E-state index in [-0.39, 0.29) is 11.9 Å². The summed E-state index contributed by atoms with van der Waals surface area (Å²) in [5.74, 6) is -0.222. The molecule has 0 aromatic rings. The van der Waals surface area contributed by atoms with Gasteiger partial charge in [-0.25, -0.2) is 4.39 Å². The van der Waals surface area contributed by atoms with Crippen LogP contribution in [0.3, 0.4) is 0 Å². The fourth-order valence-corrected chi connectivity index (χ4v) is 1.35. The number of halogens is 2. The third-order valence-corrected chi connectivity index (χ3v) is 2.22. The first-order chi connectivity index (χ1) is 5.24. The second kappa shape index (κ2) is 3.83. The lowest BCUT2D eigenvalue weighted by atomic mass is 10.3. The normalized spacial score (nSPS) is 24.1. The molecule has 1 nitrogen and oxygen atoms in total. The summed E-state index contributed by atoms with van der Waals surface area (Å²) in [5, 5.41) is 3.01. The van der Waals surface area contributed by atoms with Crippen molar-refractivity contribution in [1.82, 2.24) is 5.32 Å². The van der Waals surface area contributed by atoms with Crippen molar-refractivity contribution in [3.63, 3.8) is 0 Å². The molecule has 3 heteroatoms. The maximum absolute atomic E-state index is 12.6. The molecule has 1 unspecified atom stereocenters. The van der Waals surface area contributed by atoms with E-state index in [1.54, 1.807) is 12.2 Å². The van der Waals surface area contributed by atoms with Gasteiger partial charge >= 0.3 is 0 Å². The molecule has 60 valence electrons. The molecule has 1 aliphatic rings. The predicted molar refractivity (Wildman–Crippen MR) is 48.2 cm³/mol. The van der Waals surface area contributed by atoms with E-state index in [0.717, 1.165) is 4.48 Å². The second-order valence-corrected chi connectivity index (χ2v) is 3.14. The highest BCUT2D eigenvalue weighted by atomic mass is 79.9. The molecule has 0 saturated carbocycles. The summed E-state index contributed by atoms with van der Waals surface area (Å²) in [5.41, 5.74) is 0. The third-order valence-electron chi connectivity index (χ3n) is 1.46. The monoisotopic (exact) mass is 217 g/mol. The number of hydrogen-bond donors (Lipinski definition) is 1. The number of rotatable bonds is 1. The van der Waals surface area contributed by atoms with Gasteiger partial charge in [0, 0.05) is 4.48 Å². The van der Waals surface area contributed by atoms with Crippen molar-refractivity contribution in [2.45, 2.75) is 6.04 Å². The zero-order valence-electron chi connectivity index (χ0n) is 6.14. The van der Waals surface area contributed by atoms with Crippen LogP contribution in [0.5, 0.6) is 0 Å². The lowest BCUT2D eigenvalue weighted by Crippen LogP contribution is -2.22. The minimum atomic E-state index is -0.222. The molecule has 11 heavy (non-hydrogen) atoms. The molecule has 0 bridgehead atoms. The largest absolute Gasteiger partial charge is 0.309 e. The Balaban J connectivity index is 2.84. The Morgan fingerprint density at radius 3 is 2.91 bits per heavy atom. The molecule has 0 radical (unpaired) electrons. The van der Waals surface area contributed by atoms with Gasteiger partial charge in [-0.05, 0) is 25.3 Å². The Morgan fingerprint density at radius 2 is 2.27 bits per heavy atom. The molecule has 0 saturated heterocycles. The lowest BCUT2D eigenvalue weighted by Gasteiger charge is -2.08.